The van der Waals surface area contributed by atoms with Gasteiger partial charge in [-0.05, 0) is 31.7 Å². The van der Waals surface area contributed by atoms with E-state index in [1.165, 1.54) is 25.7 Å². The molecule has 3 nitrogen and oxygen atoms in total. The average Bonchev–Trinajstić information content (AvgIpc) is 2.79. The van der Waals surface area contributed by atoms with Crippen LogP contribution < -0.4 is 11.1 Å². The number of carbonyl (C=O) groups is 1. The molecule has 0 aromatic heterocycles. The molecule has 1 aliphatic carbocycles. The highest BCUT2D eigenvalue weighted by Crippen LogP contribution is 2.28. The van der Waals surface area contributed by atoms with Gasteiger partial charge in [0, 0.05) is 13.0 Å². The highest BCUT2D eigenvalue weighted by molar-refractivity contribution is 5.75. The van der Waals surface area contributed by atoms with Gasteiger partial charge in [0.25, 0.3) is 0 Å². The first kappa shape index (κ1) is 13.5. The number of nitrogens with one attached hydrogen (secondary N) is 1. The van der Waals surface area contributed by atoms with Crippen molar-refractivity contribution in [2.75, 3.05) is 13.1 Å². The lowest BCUT2D eigenvalue weighted by molar-refractivity contribution is -0.121. The Bertz CT molecular complexity index is 188. The highest BCUT2D eigenvalue weighted by Gasteiger charge is 2.15. The normalized spacial score (nSPS) is 16.6. The quantitative estimate of drug-likeness (QED) is 0.623. The Labute approximate surface area is 99.2 Å². The number of amides is 1. The fourth-order valence-electron chi connectivity index (χ4n) is 2.40. The van der Waals surface area contributed by atoms with Crippen molar-refractivity contribution in [3.05, 3.63) is 0 Å². The number of carbonyl (C=O) groups excluding carboxylic acids is 1. The molecule has 0 aromatic carbocycles. The zero-order valence-electron chi connectivity index (χ0n) is 10.3. The van der Waals surface area contributed by atoms with Gasteiger partial charge in [0.05, 0.1) is 0 Å². The lowest BCUT2D eigenvalue weighted by Gasteiger charge is -2.08. The first-order valence-corrected chi connectivity index (χ1v) is 6.79. The summed E-state index contributed by atoms with van der Waals surface area (Å²) in [7, 11) is 0. The molecule has 1 aliphatic rings. The Morgan fingerprint density at radius 2 is 1.94 bits per heavy atom. The van der Waals surface area contributed by atoms with E-state index in [-0.39, 0.29) is 5.91 Å². The van der Waals surface area contributed by atoms with Gasteiger partial charge in [0.2, 0.25) is 5.91 Å². The second kappa shape index (κ2) is 8.57. The van der Waals surface area contributed by atoms with E-state index in [2.05, 4.69) is 5.32 Å². The monoisotopic (exact) mass is 226 g/mol. The molecule has 0 spiro atoms. The van der Waals surface area contributed by atoms with E-state index in [1.54, 1.807) is 0 Å². The Morgan fingerprint density at radius 3 is 2.62 bits per heavy atom. The summed E-state index contributed by atoms with van der Waals surface area (Å²) >= 11 is 0. The van der Waals surface area contributed by atoms with Crippen LogP contribution in [-0.4, -0.2) is 19.0 Å². The summed E-state index contributed by atoms with van der Waals surface area (Å²) in [6.45, 7) is 1.58. The number of unbranched alkanes of at least 4 members (excludes halogenated alkanes) is 2. The summed E-state index contributed by atoms with van der Waals surface area (Å²) in [5.74, 6) is 1.06. The fraction of sp³-hybridized carbons (Fsp3) is 0.923. The van der Waals surface area contributed by atoms with Crippen LogP contribution in [-0.2, 0) is 4.79 Å². The fourth-order valence-corrected chi connectivity index (χ4v) is 2.40. The maximum Gasteiger partial charge on any atom is 0.220 e. The third kappa shape index (κ3) is 6.11. The Hall–Kier alpha value is -0.570. The molecule has 3 N–H and O–H groups in total. The average molecular weight is 226 g/mol. The molecular formula is C13H26N2O. The molecule has 0 radical (unpaired) electrons. The van der Waals surface area contributed by atoms with Crippen molar-refractivity contribution in [2.24, 2.45) is 11.7 Å². The highest BCUT2D eigenvalue weighted by atomic mass is 16.1. The second-order valence-electron chi connectivity index (χ2n) is 4.89. The van der Waals surface area contributed by atoms with Gasteiger partial charge in [-0.25, -0.2) is 0 Å². The van der Waals surface area contributed by atoms with Crippen LogP contribution >= 0.6 is 0 Å². The van der Waals surface area contributed by atoms with Gasteiger partial charge < -0.3 is 11.1 Å². The van der Waals surface area contributed by atoms with Crippen molar-refractivity contribution in [3.8, 4) is 0 Å². The summed E-state index contributed by atoms with van der Waals surface area (Å²) in [5.41, 5.74) is 5.40. The van der Waals surface area contributed by atoms with E-state index < -0.39 is 0 Å². The first-order chi connectivity index (χ1) is 7.83. The zero-order chi connectivity index (χ0) is 11.6. The van der Waals surface area contributed by atoms with E-state index in [0.717, 1.165) is 51.1 Å². The van der Waals surface area contributed by atoms with Crippen molar-refractivity contribution in [3.63, 3.8) is 0 Å². The summed E-state index contributed by atoms with van der Waals surface area (Å²) in [4.78, 5) is 11.5. The molecular weight excluding hydrogens is 200 g/mol. The Kier molecular flexibility index (Phi) is 7.23. The largest absolute Gasteiger partial charge is 0.356 e. The summed E-state index contributed by atoms with van der Waals surface area (Å²) in [6.07, 6.45) is 10.5. The predicted molar refractivity (Wildman–Crippen MR) is 67.1 cm³/mol. The molecule has 16 heavy (non-hydrogen) atoms. The zero-order valence-corrected chi connectivity index (χ0v) is 10.3. The number of rotatable bonds is 8. The molecule has 3 heteroatoms. The van der Waals surface area contributed by atoms with Crippen LogP contribution in [0, 0.1) is 5.92 Å². The second-order valence-corrected chi connectivity index (χ2v) is 4.89. The minimum Gasteiger partial charge on any atom is -0.356 e. The molecule has 1 rings (SSSR count). The maximum absolute atomic E-state index is 11.5. The molecule has 0 bridgehead atoms. The minimum atomic E-state index is 0.236. The van der Waals surface area contributed by atoms with Gasteiger partial charge in [0.15, 0.2) is 0 Å². The van der Waals surface area contributed by atoms with Gasteiger partial charge in [-0.2, -0.15) is 0 Å². The Morgan fingerprint density at radius 1 is 1.19 bits per heavy atom. The predicted octanol–water partition coefficient (Wildman–Crippen LogP) is 2.20. The summed E-state index contributed by atoms with van der Waals surface area (Å²) in [6, 6.07) is 0. The van der Waals surface area contributed by atoms with Gasteiger partial charge >= 0.3 is 0 Å². The number of nitrogens with two attached hydrogens (primary N) is 1. The number of hydrogen-bond acceptors (Lipinski definition) is 2. The lowest BCUT2D eigenvalue weighted by atomic mass is 10.0. The third-order valence-corrected chi connectivity index (χ3v) is 3.46. The molecule has 0 aromatic rings. The molecule has 1 amide bonds. The van der Waals surface area contributed by atoms with E-state index in [1.807, 2.05) is 0 Å². The molecule has 94 valence electrons. The topological polar surface area (TPSA) is 55.1 Å². The van der Waals surface area contributed by atoms with E-state index in [0.29, 0.717) is 0 Å². The van der Waals surface area contributed by atoms with Crippen LogP contribution in [0.4, 0.5) is 0 Å². The molecule has 0 heterocycles. The van der Waals surface area contributed by atoms with Crippen LogP contribution in [0.2, 0.25) is 0 Å². The van der Waals surface area contributed by atoms with Crippen molar-refractivity contribution in [1.29, 1.82) is 0 Å². The van der Waals surface area contributed by atoms with Crippen LogP contribution in [0.15, 0.2) is 0 Å². The minimum absolute atomic E-state index is 0.236. The van der Waals surface area contributed by atoms with Gasteiger partial charge in [-0.15, -0.1) is 0 Å². The molecule has 0 aliphatic heterocycles. The van der Waals surface area contributed by atoms with Crippen molar-refractivity contribution in [2.45, 2.75) is 57.8 Å². The van der Waals surface area contributed by atoms with Crippen molar-refractivity contribution >= 4 is 5.91 Å². The smallest absolute Gasteiger partial charge is 0.220 e. The number of hydrogen-bond donors (Lipinski definition) is 2. The molecule has 0 unspecified atom stereocenters. The van der Waals surface area contributed by atoms with Gasteiger partial charge in [0.1, 0.15) is 0 Å². The SMILES string of the molecule is NCCCCCNC(=O)CCC1CCCC1. The van der Waals surface area contributed by atoms with Crippen LogP contribution in [0.25, 0.3) is 0 Å². The standard InChI is InChI=1S/C13H26N2O/c14-10-4-1-5-11-15-13(16)9-8-12-6-2-3-7-12/h12H,1-11,14H2,(H,15,16). The van der Waals surface area contributed by atoms with Crippen molar-refractivity contribution in [1.82, 2.24) is 5.32 Å². The molecule has 0 atom stereocenters. The molecule has 0 saturated heterocycles. The van der Waals surface area contributed by atoms with Crippen LogP contribution in [0.3, 0.4) is 0 Å². The molecule has 1 fully saturated rings. The van der Waals surface area contributed by atoms with E-state index in [9.17, 15) is 4.79 Å². The van der Waals surface area contributed by atoms with E-state index in [4.69, 9.17) is 5.73 Å². The molecule has 1 saturated carbocycles. The van der Waals surface area contributed by atoms with Gasteiger partial charge in [-0.1, -0.05) is 32.1 Å². The summed E-state index contributed by atoms with van der Waals surface area (Å²) < 4.78 is 0. The first-order valence-electron chi connectivity index (χ1n) is 6.79. The Balaban J connectivity index is 1.90. The summed E-state index contributed by atoms with van der Waals surface area (Å²) in [5, 5.41) is 2.99. The maximum atomic E-state index is 11.5. The van der Waals surface area contributed by atoms with Gasteiger partial charge in [-0.3, -0.25) is 4.79 Å². The van der Waals surface area contributed by atoms with E-state index >= 15 is 0 Å². The van der Waals surface area contributed by atoms with Crippen LogP contribution in [0.1, 0.15) is 57.8 Å². The van der Waals surface area contributed by atoms with Crippen molar-refractivity contribution < 1.29 is 4.79 Å². The third-order valence-electron chi connectivity index (χ3n) is 3.46. The van der Waals surface area contributed by atoms with Crippen LogP contribution in [0.5, 0.6) is 0 Å². The lowest BCUT2D eigenvalue weighted by Crippen LogP contribution is -2.24.